The Bertz CT molecular complexity index is 1120. The van der Waals surface area contributed by atoms with Gasteiger partial charge in [0, 0.05) is 16.7 Å². The highest BCUT2D eigenvalue weighted by Gasteiger charge is 2.29. The fourth-order valence-electron chi connectivity index (χ4n) is 3.73. The Morgan fingerprint density at radius 2 is 1.84 bits per heavy atom. The molecular weight excluding hydrogens is 404 g/mol. The van der Waals surface area contributed by atoms with Crippen molar-refractivity contribution in [1.29, 1.82) is 0 Å². The van der Waals surface area contributed by atoms with Crippen molar-refractivity contribution in [3.63, 3.8) is 0 Å². The summed E-state index contributed by atoms with van der Waals surface area (Å²) in [6.45, 7) is 9.09. The Labute approximate surface area is 188 Å². The summed E-state index contributed by atoms with van der Waals surface area (Å²) in [6, 6.07) is 12.4. The molecule has 1 fully saturated rings. The molecule has 0 spiro atoms. The smallest absolute Gasteiger partial charge is 0.335 e. The topological polar surface area (TPSA) is 85.5 Å². The Morgan fingerprint density at radius 3 is 2.44 bits per heavy atom. The lowest BCUT2D eigenvalue weighted by Crippen LogP contribution is -2.21. The normalized spacial score (nSPS) is 15.2. The van der Waals surface area contributed by atoms with E-state index in [2.05, 4.69) is 36.7 Å². The zero-order chi connectivity index (χ0) is 22.7. The largest absolute Gasteiger partial charge is 0.493 e. The molecule has 0 bridgehead atoms. The molecule has 6 heteroatoms. The first-order chi connectivity index (χ1) is 15.4. The molecule has 1 aromatic heterocycles. The number of aromatic carboxylic acids is 1. The summed E-state index contributed by atoms with van der Waals surface area (Å²) in [5.74, 6) is 1.35. The number of hydrogen-bond acceptors (Lipinski definition) is 5. The highest BCUT2D eigenvalue weighted by Crippen LogP contribution is 2.41. The molecule has 1 atom stereocenters. The van der Waals surface area contributed by atoms with Crippen LogP contribution in [0.4, 0.5) is 0 Å². The van der Waals surface area contributed by atoms with E-state index in [1.807, 2.05) is 18.2 Å². The van der Waals surface area contributed by atoms with Crippen molar-refractivity contribution in [1.82, 2.24) is 10.2 Å². The predicted octanol–water partition coefficient (Wildman–Crippen LogP) is 6.13. The van der Waals surface area contributed by atoms with Crippen molar-refractivity contribution in [3.8, 4) is 28.7 Å². The maximum Gasteiger partial charge on any atom is 0.335 e. The molecule has 1 saturated carbocycles. The molecule has 32 heavy (non-hydrogen) atoms. The number of nitrogens with zero attached hydrogens (tertiary/aromatic N) is 2. The molecule has 1 unspecified atom stereocenters. The maximum atomic E-state index is 11.1. The molecule has 0 amide bonds. The highest BCUT2D eigenvalue weighted by atomic mass is 16.5. The number of carboxylic acid groups (broad SMARTS) is 1. The van der Waals surface area contributed by atoms with E-state index in [1.54, 1.807) is 12.1 Å². The SMILES string of the molecule is C=CCC(C)(CC)c1cc(-c2nnc(-c3ccc(C(=O)O)cc3)o2)ccc1OCC1CC1. The van der Waals surface area contributed by atoms with Crippen molar-refractivity contribution in [2.45, 2.75) is 44.9 Å². The summed E-state index contributed by atoms with van der Waals surface area (Å²) in [5.41, 5.74) is 2.70. The molecule has 0 radical (unpaired) electrons. The number of carbonyl (C=O) groups is 1. The number of hydrogen-bond donors (Lipinski definition) is 1. The summed E-state index contributed by atoms with van der Waals surface area (Å²) in [6.07, 6.45) is 6.20. The van der Waals surface area contributed by atoms with Crippen molar-refractivity contribution < 1.29 is 19.1 Å². The van der Waals surface area contributed by atoms with E-state index in [0.717, 1.165) is 36.3 Å². The monoisotopic (exact) mass is 432 g/mol. The Balaban J connectivity index is 1.66. The van der Waals surface area contributed by atoms with Crippen LogP contribution in [0.5, 0.6) is 5.75 Å². The average molecular weight is 433 g/mol. The highest BCUT2D eigenvalue weighted by molar-refractivity contribution is 5.88. The van der Waals surface area contributed by atoms with Crippen molar-refractivity contribution in [2.24, 2.45) is 5.92 Å². The third kappa shape index (κ3) is 4.59. The van der Waals surface area contributed by atoms with Crippen molar-refractivity contribution in [2.75, 3.05) is 6.61 Å². The van der Waals surface area contributed by atoms with Gasteiger partial charge in [0.15, 0.2) is 0 Å². The molecule has 0 saturated heterocycles. The van der Waals surface area contributed by atoms with E-state index >= 15 is 0 Å². The molecule has 4 rings (SSSR count). The van der Waals surface area contributed by atoms with Crippen LogP contribution >= 0.6 is 0 Å². The first-order valence-corrected chi connectivity index (χ1v) is 11.0. The predicted molar refractivity (Wildman–Crippen MR) is 123 cm³/mol. The van der Waals surface area contributed by atoms with Crippen LogP contribution in [-0.4, -0.2) is 27.9 Å². The molecule has 166 valence electrons. The van der Waals surface area contributed by atoms with Gasteiger partial charge in [0.25, 0.3) is 0 Å². The van der Waals surface area contributed by atoms with Gasteiger partial charge in [-0.1, -0.05) is 19.9 Å². The van der Waals surface area contributed by atoms with Crippen molar-refractivity contribution >= 4 is 5.97 Å². The van der Waals surface area contributed by atoms with Crippen LogP contribution in [0.15, 0.2) is 59.5 Å². The van der Waals surface area contributed by atoms with E-state index in [-0.39, 0.29) is 11.0 Å². The van der Waals surface area contributed by atoms with Crippen LogP contribution in [0.2, 0.25) is 0 Å². The minimum absolute atomic E-state index is 0.119. The molecule has 2 aromatic carbocycles. The molecular formula is C26H28N2O4. The van der Waals surface area contributed by atoms with Gasteiger partial charge in [-0.05, 0) is 79.5 Å². The van der Waals surface area contributed by atoms with Crippen LogP contribution in [0.25, 0.3) is 22.9 Å². The van der Waals surface area contributed by atoms with Gasteiger partial charge in [-0.25, -0.2) is 4.79 Å². The van der Waals surface area contributed by atoms with Crippen LogP contribution in [0.3, 0.4) is 0 Å². The number of carboxylic acids is 1. The van der Waals surface area contributed by atoms with Gasteiger partial charge in [-0.15, -0.1) is 16.8 Å². The molecule has 1 aliphatic carbocycles. The first kappa shape index (κ1) is 21.8. The second-order valence-electron chi connectivity index (χ2n) is 8.67. The lowest BCUT2D eigenvalue weighted by atomic mass is 9.76. The molecule has 1 N–H and O–H groups in total. The molecule has 1 aliphatic rings. The van der Waals surface area contributed by atoms with Gasteiger partial charge in [0.05, 0.1) is 12.2 Å². The molecule has 0 aliphatic heterocycles. The fourth-order valence-corrected chi connectivity index (χ4v) is 3.73. The second-order valence-corrected chi connectivity index (χ2v) is 8.67. The second kappa shape index (κ2) is 8.99. The Morgan fingerprint density at radius 1 is 1.19 bits per heavy atom. The van der Waals surface area contributed by atoms with Gasteiger partial charge in [-0.2, -0.15) is 0 Å². The van der Waals surface area contributed by atoms with Gasteiger partial charge in [0.2, 0.25) is 11.8 Å². The molecule has 6 nitrogen and oxygen atoms in total. The summed E-state index contributed by atoms with van der Waals surface area (Å²) in [4.78, 5) is 11.1. The molecule has 3 aromatic rings. The third-order valence-corrected chi connectivity index (χ3v) is 6.23. The first-order valence-electron chi connectivity index (χ1n) is 11.0. The quantitative estimate of drug-likeness (QED) is 0.388. The van der Waals surface area contributed by atoms with E-state index in [1.165, 1.54) is 25.0 Å². The molecule has 1 heterocycles. The van der Waals surface area contributed by atoms with Crippen molar-refractivity contribution in [3.05, 3.63) is 66.2 Å². The number of ether oxygens (including phenoxy) is 1. The number of allylic oxidation sites excluding steroid dienone is 1. The van der Waals surface area contributed by atoms with E-state index in [9.17, 15) is 4.79 Å². The van der Waals surface area contributed by atoms with E-state index in [4.69, 9.17) is 14.3 Å². The minimum atomic E-state index is -0.974. The van der Waals surface area contributed by atoms with Gasteiger partial charge in [-0.3, -0.25) is 0 Å². The van der Waals surface area contributed by atoms with Crippen LogP contribution in [0.1, 0.15) is 55.5 Å². The van der Waals surface area contributed by atoms with Crippen LogP contribution < -0.4 is 4.74 Å². The van der Waals surface area contributed by atoms with Gasteiger partial charge >= 0.3 is 5.97 Å². The van der Waals surface area contributed by atoms with Crippen LogP contribution in [0, 0.1) is 5.92 Å². The maximum absolute atomic E-state index is 11.1. The summed E-state index contributed by atoms with van der Waals surface area (Å²) < 4.78 is 12.1. The lowest BCUT2D eigenvalue weighted by Gasteiger charge is -2.30. The summed E-state index contributed by atoms with van der Waals surface area (Å²) in [7, 11) is 0. The van der Waals surface area contributed by atoms with Gasteiger partial charge in [0.1, 0.15) is 5.75 Å². The summed E-state index contributed by atoms with van der Waals surface area (Å²) >= 11 is 0. The van der Waals surface area contributed by atoms with E-state index in [0.29, 0.717) is 23.3 Å². The minimum Gasteiger partial charge on any atom is -0.493 e. The van der Waals surface area contributed by atoms with E-state index < -0.39 is 5.97 Å². The standard InChI is InChI=1S/C26H28N2O4/c1-4-14-26(3,5-2)21-15-20(12-13-22(21)31-16-17-6-7-17)24-28-27-23(32-24)18-8-10-19(11-9-18)25(29)30/h4,8-13,15,17H,1,5-7,14,16H2,2-3H3,(H,29,30). The Kier molecular flexibility index (Phi) is 6.12. The zero-order valence-corrected chi connectivity index (χ0v) is 18.5. The summed E-state index contributed by atoms with van der Waals surface area (Å²) in [5, 5.41) is 17.5. The van der Waals surface area contributed by atoms with Crippen LogP contribution in [-0.2, 0) is 5.41 Å². The van der Waals surface area contributed by atoms with Gasteiger partial charge < -0.3 is 14.3 Å². The zero-order valence-electron chi connectivity index (χ0n) is 18.5. The Hall–Kier alpha value is -3.41. The lowest BCUT2D eigenvalue weighted by molar-refractivity contribution is 0.0697. The third-order valence-electron chi connectivity index (χ3n) is 6.23. The average Bonchev–Trinajstić information content (AvgIpc) is 3.51. The number of rotatable bonds is 10. The number of aromatic nitrogens is 2. The number of benzene rings is 2. The fraction of sp³-hybridized carbons (Fsp3) is 0.346.